The molecular weight excluding hydrogens is 250 g/mol. The summed E-state index contributed by atoms with van der Waals surface area (Å²) in [5.41, 5.74) is 0.890. The van der Waals surface area contributed by atoms with Crippen LogP contribution < -0.4 is 10.6 Å². The molecule has 0 atom stereocenters. The number of aromatic nitrogens is 2. The van der Waals surface area contributed by atoms with Crippen LogP contribution in [0.5, 0.6) is 0 Å². The number of carbonyl (C=O) groups excluding carboxylic acids is 1. The van der Waals surface area contributed by atoms with Gasteiger partial charge in [0.25, 0.3) is 0 Å². The number of hydrogen-bond acceptors (Lipinski definition) is 6. The smallest absolute Gasteiger partial charge is 0.234 e. The van der Waals surface area contributed by atoms with Crippen LogP contribution in [0.15, 0.2) is 0 Å². The molecule has 0 aromatic carbocycles. The predicted molar refractivity (Wildman–Crippen MR) is 73.7 cm³/mol. The quantitative estimate of drug-likeness (QED) is 0.772. The second-order valence-corrected chi connectivity index (χ2v) is 5.23. The van der Waals surface area contributed by atoms with Gasteiger partial charge in [-0.3, -0.25) is 9.69 Å². The van der Waals surface area contributed by atoms with Crippen LogP contribution in [0.2, 0.25) is 0 Å². The molecule has 1 aromatic rings. The van der Waals surface area contributed by atoms with Crippen molar-refractivity contribution in [3.8, 4) is 0 Å². The van der Waals surface area contributed by atoms with E-state index in [9.17, 15) is 4.79 Å². The molecule has 0 unspecified atom stereocenters. The summed E-state index contributed by atoms with van der Waals surface area (Å²) in [6, 6.07) is 0.171. The molecule has 0 saturated heterocycles. The zero-order valence-corrected chi connectivity index (χ0v) is 12.2. The highest BCUT2D eigenvalue weighted by molar-refractivity contribution is 7.10. The normalized spacial score (nSPS) is 11.0. The molecule has 18 heavy (non-hydrogen) atoms. The fourth-order valence-corrected chi connectivity index (χ4v) is 2.17. The molecule has 0 aliphatic heterocycles. The molecule has 1 rings (SSSR count). The van der Waals surface area contributed by atoms with E-state index < -0.39 is 0 Å². The van der Waals surface area contributed by atoms with Gasteiger partial charge in [0.2, 0.25) is 5.91 Å². The molecule has 0 bridgehead atoms. The van der Waals surface area contributed by atoms with E-state index in [-0.39, 0.29) is 11.9 Å². The molecule has 1 aromatic heterocycles. The Labute approximate surface area is 112 Å². The summed E-state index contributed by atoms with van der Waals surface area (Å²) in [4.78, 5) is 13.5. The van der Waals surface area contributed by atoms with E-state index in [1.165, 1.54) is 11.5 Å². The summed E-state index contributed by atoms with van der Waals surface area (Å²) < 4.78 is 3.92. The summed E-state index contributed by atoms with van der Waals surface area (Å²) in [5, 5.41) is 11.1. The van der Waals surface area contributed by atoms with Crippen LogP contribution in [0.25, 0.3) is 0 Å². The molecule has 0 saturated carbocycles. The first-order chi connectivity index (χ1) is 8.52. The minimum absolute atomic E-state index is 0.0284. The third kappa shape index (κ3) is 4.97. The van der Waals surface area contributed by atoms with E-state index in [1.807, 2.05) is 32.7 Å². The average Bonchev–Trinajstić information content (AvgIpc) is 2.64. The lowest BCUT2D eigenvalue weighted by Crippen LogP contribution is -2.38. The van der Waals surface area contributed by atoms with Gasteiger partial charge in [-0.25, -0.2) is 0 Å². The molecule has 0 aliphatic carbocycles. The first-order valence-corrected chi connectivity index (χ1v) is 6.83. The van der Waals surface area contributed by atoms with Crippen LogP contribution in [0.3, 0.4) is 0 Å². The van der Waals surface area contributed by atoms with Gasteiger partial charge in [-0.1, -0.05) is 4.49 Å². The molecule has 0 radical (unpaired) electrons. The number of likely N-dealkylation sites (N-methyl/N-ethyl adjacent to an activating group) is 1. The van der Waals surface area contributed by atoms with Gasteiger partial charge >= 0.3 is 0 Å². The van der Waals surface area contributed by atoms with Gasteiger partial charge < -0.3 is 10.6 Å². The van der Waals surface area contributed by atoms with Crippen LogP contribution in [-0.4, -0.2) is 46.6 Å². The lowest BCUT2D eigenvalue weighted by atomic mass is 10.3. The van der Waals surface area contributed by atoms with Gasteiger partial charge in [-0.05, 0) is 27.8 Å². The molecule has 2 N–H and O–H groups in total. The number of hydrogen-bond donors (Lipinski definition) is 2. The van der Waals surface area contributed by atoms with Gasteiger partial charge in [0.05, 0.1) is 6.54 Å². The summed E-state index contributed by atoms with van der Waals surface area (Å²) >= 11 is 1.35. The first-order valence-electron chi connectivity index (χ1n) is 6.06. The van der Waals surface area contributed by atoms with Crippen LogP contribution in [-0.2, 0) is 11.3 Å². The maximum absolute atomic E-state index is 11.6. The van der Waals surface area contributed by atoms with Crippen molar-refractivity contribution in [2.45, 2.75) is 33.4 Å². The van der Waals surface area contributed by atoms with Crippen molar-refractivity contribution in [3.05, 3.63) is 5.69 Å². The highest BCUT2D eigenvalue weighted by atomic mass is 32.1. The van der Waals surface area contributed by atoms with Crippen LogP contribution in [0.4, 0.5) is 5.00 Å². The SMILES string of the molecule is CCNc1snnc1CN(C)CC(=O)NC(C)C. The van der Waals surface area contributed by atoms with Gasteiger partial charge in [0, 0.05) is 30.7 Å². The largest absolute Gasteiger partial charge is 0.374 e. The lowest BCUT2D eigenvalue weighted by molar-refractivity contribution is -0.122. The van der Waals surface area contributed by atoms with Crippen molar-refractivity contribution in [1.82, 2.24) is 19.8 Å². The molecule has 0 spiro atoms. The Morgan fingerprint density at radius 2 is 2.22 bits per heavy atom. The van der Waals surface area contributed by atoms with Crippen molar-refractivity contribution < 1.29 is 4.79 Å². The second-order valence-electron chi connectivity index (χ2n) is 4.47. The molecule has 102 valence electrons. The summed E-state index contributed by atoms with van der Waals surface area (Å²) in [7, 11) is 1.90. The van der Waals surface area contributed by atoms with E-state index in [1.54, 1.807) is 0 Å². The Kier molecular flexibility index (Phi) is 6.00. The van der Waals surface area contributed by atoms with Crippen molar-refractivity contribution in [2.24, 2.45) is 0 Å². The Balaban J connectivity index is 2.46. The number of rotatable bonds is 7. The number of anilines is 1. The van der Waals surface area contributed by atoms with Crippen LogP contribution >= 0.6 is 11.5 Å². The number of amides is 1. The topological polar surface area (TPSA) is 70.2 Å². The molecule has 6 nitrogen and oxygen atoms in total. The fourth-order valence-electron chi connectivity index (χ4n) is 1.53. The molecule has 0 aliphatic rings. The van der Waals surface area contributed by atoms with Gasteiger partial charge in [-0.15, -0.1) is 5.10 Å². The number of nitrogens with one attached hydrogen (secondary N) is 2. The lowest BCUT2D eigenvalue weighted by Gasteiger charge is -2.16. The van der Waals surface area contributed by atoms with Crippen LogP contribution in [0, 0.1) is 0 Å². The first kappa shape index (κ1) is 14.8. The molecule has 0 fully saturated rings. The maximum atomic E-state index is 11.6. The minimum Gasteiger partial charge on any atom is -0.374 e. The van der Waals surface area contributed by atoms with Gasteiger partial charge in [-0.2, -0.15) is 0 Å². The van der Waals surface area contributed by atoms with Crippen molar-refractivity contribution in [3.63, 3.8) is 0 Å². The van der Waals surface area contributed by atoms with Crippen molar-refractivity contribution in [2.75, 3.05) is 25.5 Å². The zero-order valence-electron chi connectivity index (χ0n) is 11.4. The molecule has 7 heteroatoms. The van der Waals surface area contributed by atoms with E-state index >= 15 is 0 Å². The van der Waals surface area contributed by atoms with Crippen LogP contribution in [0.1, 0.15) is 26.5 Å². The molecule has 1 amide bonds. The van der Waals surface area contributed by atoms with E-state index in [4.69, 9.17) is 0 Å². The van der Waals surface area contributed by atoms with Crippen molar-refractivity contribution >= 4 is 22.4 Å². The van der Waals surface area contributed by atoms with Gasteiger partial charge in [0.15, 0.2) is 0 Å². The molecular formula is C11H21N5OS. The van der Waals surface area contributed by atoms with E-state index in [0.29, 0.717) is 13.1 Å². The summed E-state index contributed by atoms with van der Waals surface area (Å²) in [5.74, 6) is 0.0284. The Morgan fingerprint density at radius 3 is 2.83 bits per heavy atom. The Hall–Kier alpha value is -1.21. The third-order valence-corrected chi connectivity index (χ3v) is 2.90. The standard InChI is InChI=1S/C11H21N5OS/c1-5-12-11-9(14-15-18-11)6-16(4)7-10(17)13-8(2)3/h8,12H,5-7H2,1-4H3,(H,13,17). The fraction of sp³-hybridized carbons (Fsp3) is 0.727. The van der Waals surface area contributed by atoms with Gasteiger partial charge in [0.1, 0.15) is 10.7 Å². The van der Waals surface area contributed by atoms with E-state index in [0.717, 1.165) is 17.2 Å². The van der Waals surface area contributed by atoms with Crippen molar-refractivity contribution in [1.29, 1.82) is 0 Å². The predicted octanol–water partition coefficient (Wildman–Crippen LogP) is 0.926. The highest BCUT2D eigenvalue weighted by Gasteiger charge is 2.12. The maximum Gasteiger partial charge on any atom is 0.234 e. The monoisotopic (exact) mass is 271 g/mol. The number of carbonyl (C=O) groups is 1. The Bertz CT molecular complexity index is 379. The highest BCUT2D eigenvalue weighted by Crippen LogP contribution is 2.18. The Morgan fingerprint density at radius 1 is 1.50 bits per heavy atom. The second kappa shape index (κ2) is 7.27. The minimum atomic E-state index is 0.0284. The number of nitrogens with zero attached hydrogens (tertiary/aromatic N) is 3. The zero-order chi connectivity index (χ0) is 13.5. The summed E-state index contributed by atoms with van der Waals surface area (Å²) in [6.07, 6.45) is 0. The summed E-state index contributed by atoms with van der Waals surface area (Å²) in [6.45, 7) is 7.75. The average molecular weight is 271 g/mol. The third-order valence-electron chi connectivity index (χ3n) is 2.18. The molecule has 1 heterocycles. The van der Waals surface area contributed by atoms with E-state index in [2.05, 4.69) is 20.2 Å².